The highest BCUT2D eigenvalue weighted by Gasteiger charge is 2.20. The maximum absolute atomic E-state index is 9.75. The Morgan fingerprint density at radius 2 is 0.600 bits per heavy atom. The lowest BCUT2D eigenvalue weighted by molar-refractivity contribution is 0.368. The monoisotopic (exact) mass is 379 g/mol. The number of halogens is 4. The maximum atomic E-state index is 9.75. The molecule has 0 aliphatic heterocycles. The minimum atomic E-state index is -6.00. The van der Waals surface area contributed by atoms with Crippen LogP contribution in [0.15, 0.2) is 0 Å². The third-order valence-electron chi connectivity index (χ3n) is 2.23. The molecule has 0 aliphatic carbocycles. The summed E-state index contributed by atoms with van der Waals surface area (Å²) in [5, 5.41) is 0. The summed E-state index contributed by atoms with van der Waals surface area (Å²) in [6.45, 7) is 11.9. The molecule has 160 valence electrons. The summed E-state index contributed by atoms with van der Waals surface area (Å²) in [7, 11) is -6.00. The second kappa shape index (κ2) is 38.9. The Bertz CT molecular complexity index is 139. The number of nitrogens with two attached hydrogens (primary N) is 4. The first-order valence-electron chi connectivity index (χ1n) is 9.33. The fourth-order valence-electron chi connectivity index (χ4n) is 0.816. The fourth-order valence-corrected chi connectivity index (χ4v) is 0.816. The van der Waals surface area contributed by atoms with E-state index in [4.69, 9.17) is 22.9 Å². The van der Waals surface area contributed by atoms with E-state index in [9.17, 15) is 17.3 Å². The van der Waals surface area contributed by atoms with Crippen LogP contribution in [0.3, 0.4) is 0 Å². The fraction of sp³-hybridized carbons (Fsp3) is 1.00. The highest BCUT2D eigenvalue weighted by atomic mass is 19.5. The van der Waals surface area contributed by atoms with E-state index in [0.717, 1.165) is 26.2 Å². The predicted octanol–water partition coefficient (Wildman–Crippen LogP) is 4.28. The third-order valence-corrected chi connectivity index (χ3v) is 2.23. The molecule has 9 heteroatoms. The van der Waals surface area contributed by atoms with Crippen LogP contribution >= 0.6 is 0 Å². The number of hydrogen-bond acceptors (Lipinski definition) is 4. The van der Waals surface area contributed by atoms with Gasteiger partial charge in [0.15, 0.2) is 0 Å². The summed E-state index contributed by atoms with van der Waals surface area (Å²) in [6.07, 6.45) is 9.54. The number of hydrogen-bond donors (Lipinski definition) is 4. The first-order valence-corrected chi connectivity index (χ1v) is 9.33. The van der Waals surface area contributed by atoms with Crippen LogP contribution in [0.4, 0.5) is 17.3 Å². The summed E-state index contributed by atoms with van der Waals surface area (Å²) >= 11 is 0. The van der Waals surface area contributed by atoms with E-state index in [1.165, 1.54) is 51.4 Å². The third kappa shape index (κ3) is 190. The van der Waals surface area contributed by atoms with Gasteiger partial charge in [-0.1, -0.05) is 53.4 Å². The first kappa shape index (κ1) is 35.7. The van der Waals surface area contributed by atoms with Gasteiger partial charge in [-0.25, -0.2) is 0 Å². The lowest BCUT2D eigenvalue weighted by Crippen LogP contribution is -2.02. The van der Waals surface area contributed by atoms with Crippen molar-refractivity contribution in [1.29, 1.82) is 0 Å². The highest BCUT2D eigenvalue weighted by molar-refractivity contribution is 6.50. The summed E-state index contributed by atoms with van der Waals surface area (Å²) < 4.78 is 39.0. The minimum Gasteiger partial charge on any atom is -0.418 e. The molecule has 8 N–H and O–H groups in total. The van der Waals surface area contributed by atoms with Crippen molar-refractivity contribution in [1.82, 2.24) is 0 Å². The quantitative estimate of drug-likeness (QED) is 0.373. The van der Waals surface area contributed by atoms with Crippen LogP contribution in [-0.2, 0) is 0 Å². The first-order chi connectivity index (χ1) is 11.7. The average Bonchev–Trinajstić information content (AvgIpc) is 2.51. The molecule has 0 rings (SSSR count). The molecule has 0 aromatic heterocycles. The van der Waals surface area contributed by atoms with E-state index < -0.39 is 7.25 Å². The van der Waals surface area contributed by atoms with Crippen LogP contribution < -0.4 is 22.9 Å². The van der Waals surface area contributed by atoms with Gasteiger partial charge in [0, 0.05) is 0 Å². The van der Waals surface area contributed by atoms with Crippen LogP contribution in [0.25, 0.3) is 0 Å². The van der Waals surface area contributed by atoms with E-state index in [0.29, 0.717) is 0 Å². The van der Waals surface area contributed by atoms with Gasteiger partial charge >= 0.3 is 7.25 Å². The molecule has 0 bridgehead atoms. The van der Waals surface area contributed by atoms with Crippen LogP contribution in [0.5, 0.6) is 0 Å². The molecule has 0 radical (unpaired) electrons. The van der Waals surface area contributed by atoms with Gasteiger partial charge in [0.2, 0.25) is 0 Å². The molecule has 0 aromatic rings. The lowest BCUT2D eigenvalue weighted by Gasteiger charge is -1.94. The molecule has 0 unspecified atom stereocenters. The molecule has 0 fully saturated rings. The molecule has 0 aromatic carbocycles. The molecular weight excluding hydrogens is 335 g/mol. The van der Waals surface area contributed by atoms with Gasteiger partial charge in [-0.15, -0.1) is 0 Å². The normalized spacial score (nSPS) is 9.12. The second-order valence-electron chi connectivity index (χ2n) is 5.06. The van der Waals surface area contributed by atoms with Gasteiger partial charge < -0.3 is 40.2 Å². The molecule has 0 atom stereocenters. The topological polar surface area (TPSA) is 104 Å². The Morgan fingerprint density at radius 1 is 0.480 bits per heavy atom. The van der Waals surface area contributed by atoms with E-state index in [2.05, 4.69) is 27.7 Å². The van der Waals surface area contributed by atoms with Gasteiger partial charge in [-0.05, 0) is 51.9 Å². The van der Waals surface area contributed by atoms with Gasteiger partial charge in [0.1, 0.15) is 0 Å². The molecule has 0 saturated heterocycles. The van der Waals surface area contributed by atoms with Crippen molar-refractivity contribution in [3.05, 3.63) is 0 Å². The molecule has 0 heterocycles. The van der Waals surface area contributed by atoms with Crippen molar-refractivity contribution < 1.29 is 17.3 Å². The summed E-state index contributed by atoms with van der Waals surface area (Å²) in [6, 6.07) is 0. The van der Waals surface area contributed by atoms with Crippen LogP contribution in [0.1, 0.15) is 79.1 Å². The molecule has 4 nitrogen and oxygen atoms in total. The van der Waals surface area contributed by atoms with Gasteiger partial charge in [-0.2, -0.15) is 0 Å². The largest absolute Gasteiger partial charge is 0.673 e. The van der Waals surface area contributed by atoms with Crippen molar-refractivity contribution in [2.45, 2.75) is 79.1 Å². The Kier molecular flexibility index (Phi) is 55.6. The average molecular weight is 379 g/mol. The Balaban J connectivity index is -0.0000000667. The zero-order valence-corrected chi connectivity index (χ0v) is 16.9. The molecule has 25 heavy (non-hydrogen) atoms. The zero-order chi connectivity index (χ0) is 21.0. The number of unbranched alkanes of at least 4 members (excludes halogenated alkanes) is 4. The molecule has 0 amide bonds. The standard InChI is InChI=1S/4C4H11N.BF4/c4*1-2-3-4-5;2-1(3,4)5/h4*2-5H2,1H3;/q;;;;-1. The summed E-state index contributed by atoms with van der Waals surface area (Å²) in [4.78, 5) is 0. The van der Waals surface area contributed by atoms with Crippen molar-refractivity contribution in [3.8, 4) is 0 Å². The van der Waals surface area contributed by atoms with Crippen molar-refractivity contribution in [2.24, 2.45) is 22.9 Å². The van der Waals surface area contributed by atoms with Crippen molar-refractivity contribution >= 4 is 7.25 Å². The smallest absolute Gasteiger partial charge is 0.418 e. The van der Waals surface area contributed by atoms with E-state index in [-0.39, 0.29) is 0 Å². The Hall–Kier alpha value is -0.375. The van der Waals surface area contributed by atoms with E-state index >= 15 is 0 Å². The molecular formula is C16H44BF4N4-. The number of rotatable bonds is 8. The minimum absolute atomic E-state index is 0.844. The summed E-state index contributed by atoms with van der Waals surface area (Å²) in [5.74, 6) is 0. The molecule has 0 saturated carbocycles. The van der Waals surface area contributed by atoms with E-state index in [1.54, 1.807) is 0 Å². The lowest BCUT2D eigenvalue weighted by atomic mass is 10.3. The highest BCUT2D eigenvalue weighted by Crippen LogP contribution is 2.06. The SMILES string of the molecule is CCCCN.CCCCN.CCCCN.CCCCN.F[B-](F)(F)F. The van der Waals surface area contributed by atoms with Crippen molar-refractivity contribution in [3.63, 3.8) is 0 Å². The van der Waals surface area contributed by atoms with Crippen LogP contribution in [0, 0.1) is 0 Å². The van der Waals surface area contributed by atoms with Gasteiger partial charge in [-0.3, -0.25) is 0 Å². The van der Waals surface area contributed by atoms with E-state index in [1.807, 2.05) is 0 Å². The maximum Gasteiger partial charge on any atom is 0.673 e. The Labute approximate surface area is 153 Å². The van der Waals surface area contributed by atoms with Crippen LogP contribution in [0.2, 0.25) is 0 Å². The summed E-state index contributed by atoms with van der Waals surface area (Å²) in [5.41, 5.74) is 20.6. The Morgan fingerprint density at radius 3 is 0.600 bits per heavy atom. The van der Waals surface area contributed by atoms with Crippen LogP contribution in [-0.4, -0.2) is 33.4 Å². The predicted molar refractivity (Wildman–Crippen MR) is 106 cm³/mol. The van der Waals surface area contributed by atoms with Crippen molar-refractivity contribution in [2.75, 3.05) is 26.2 Å². The zero-order valence-electron chi connectivity index (χ0n) is 16.9. The van der Waals surface area contributed by atoms with Gasteiger partial charge in [0.25, 0.3) is 0 Å². The molecule has 0 spiro atoms. The molecule has 0 aliphatic rings. The van der Waals surface area contributed by atoms with Gasteiger partial charge in [0.05, 0.1) is 0 Å². The second-order valence-corrected chi connectivity index (χ2v) is 5.06.